The van der Waals surface area contributed by atoms with Crippen molar-refractivity contribution in [1.82, 2.24) is 25.0 Å². The summed E-state index contributed by atoms with van der Waals surface area (Å²) < 4.78 is 39.6. The molecular formula is C23H24F3N5O. The van der Waals surface area contributed by atoms with Gasteiger partial charge in [-0.15, -0.1) is 0 Å². The summed E-state index contributed by atoms with van der Waals surface area (Å²) >= 11 is 0. The third kappa shape index (κ3) is 4.99. The lowest BCUT2D eigenvalue weighted by atomic mass is 10.0. The number of amides is 1. The predicted molar refractivity (Wildman–Crippen MR) is 113 cm³/mol. The number of hydrogen-bond acceptors (Lipinski definition) is 4. The molecule has 0 aliphatic carbocycles. The van der Waals surface area contributed by atoms with Crippen LogP contribution in [-0.4, -0.2) is 44.7 Å². The fourth-order valence-electron chi connectivity index (χ4n) is 3.88. The molecule has 4 rings (SSSR count). The molecule has 1 aliphatic heterocycles. The Morgan fingerprint density at radius 3 is 2.44 bits per heavy atom. The molecule has 3 heterocycles. The second kappa shape index (κ2) is 9.12. The first-order valence-corrected chi connectivity index (χ1v) is 10.5. The summed E-state index contributed by atoms with van der Waals surface area (Å²) in [4.78, 5) is 19.0. The molecule has 0 radical (unpaired) electrons. The van der Waals surface area contributed by atoms with Crippen molar-refractivity contribution >= 4 is 5.91 Å². The first kappa shape index (κ1) is 22.0. The average molecular weight is 443 g/mol. The minimum absolute atomic E-state index is 0.0708. The monoisotopic (exact) mass is 443 g/mol. The summed E-state index contributed by atoms with van der Waals surface area (Å²) in [5.41, 5.74) is 1.35. The van der Waals surface area contributed by atoms with Crippen LogP contribution in [-0.2, 0) is 12.7 Å². The van der Waals surface area contributed by atoms with Crippen molar-refractivity contribution in [2.45, 2.75) is 38.5 Å². The summed E-state index contributed by atoms with van der Waals surface area (Å²) in [7, 11) is 0. The van der Waals surface area contributed by atoms with Gasteiger partial charge in [0.2, 0.25) is 0 Å². The number of hydrogen-bond donors (Lipinski definition) is 1. The third-order valence-corrected chi connectivity index (χ3v) is 5.72. The van der Waals surface area contributed by atoms with Crippen LogP contribution in [0.5, 0.6) is 0 Å². The Labute approximate surface area is 184 Å². The Kier molecular flexibility index (Phi) is 6.27. The molecule has 6 nitrogen and oxygen atoms in total. The van der Waals surface area contributed by atoms with Crippen molar-refractivity contribution in [2.24, 2.45) is 0 Å². The van der Waals surface area contributed by atoms with Gasteiger partial charge in [-0.2, -0.15) is 18.3 Å². The van der Waals surface area contributed by atoms with Gasteiger partial charge >= 0.3 is 6.18 Å². The number of likely N-dealkylation sites (tertiary alicyclic amines) is 1. The molecule has 1 saturated heterocycles. The maximum absolute atomic E-state index is 12.8. The summed E-state index contributed by atoms with van der Waals surface area (Å²) in [5.74, 6) is -0.00839. The lowest BCUT2D eigenvalue weighted by Crippen LogP contribution is -2.44. The second-order valence-electron chi connectivity index (χ2n) is 7.97. The van der Waals surface area contributed by atoms with E-state index in [-0.39, 0.29) is 17.8 Å². The van der Waals surface area contributed by atoms with Gasteiger partial charge in [0.25, 0.3) is 5.91 Å². The Bertz CT molecular complexity index is 1060. The van der Waals surface area contributed by atoms with E-state index in [4.69, 9.17) is 0 Å². The zero-order chi connectivity index (χ0) is 22.7. The molecule has 2 aromatic heterocycles. The van der Waals surface area contributed by atoms with Crippen molar-refractivity contribution in [3.63, 3.8) is 0 Å². The van der Waals surface area contributed by atoms with Gasteiger partial charge in [-0.3, -0.25) is 9.69 Å². The first-order chi connectivity index (χ1) is 15.3. The summed E-state index contributed by atoms with van der Waals surface area (Å²) in [6, 6.07) is 12.6. The molecule has 168 valence electrons. The highest BCUT2D eigenvalue weighted by Gasteiger charge is 2.31. The molecule has 1 N–H and O–H groups in total. The number of carbonyl (C=O) groups excluding carboxylic acids is 1. The van der Waals surface area contributed by atoms with E-state index in [9.17, 15) is 18.0 Å². The van der Waals surface area contributed by atoms with Crippen LogP contribution in [0.2, 0.25) is 0 Å². The van der Waals surface area contributed by atoms with Crippen LogP contribution in [0.15, 0.2) is 54.9 Å². The highest BCUT2D eigenvalue weighted by molar-refractivity contribution is 5.95. The lowest BCUT2D eigenvalue weighted by Gasteiger charge is -2.32. The van der Waals surface area contributed by atoms with Gasteiger partial charge in [0, 0.05) is 31.9 Å². The molecule has 1 aliphatic rings. The Hall–Kier alpha value is -3.20. The molecule has 1 amide bonds. The SMILES string of the molecule is Cc1c(C(=O)NC2CCN(Cc3ccccc3)CC2)cnn1-c1ccc(C(F)(F)F)cn1. The van der Waals surface area contributed by atoms with Gasteiger partial charge in [-0.05, 0) is 37.5 Å². The lowest BCUT2D eigenvalue weighted by molar-refractivity contribution is -0.137. The predicted octanol–water partition coefficient (Wildman–Crippen LogP) is 3.99. The van der Waals surface area contributed by atoms with Crippen LogP contribution >= 0.6 is 0 Å². The molecular weight excluding hydrogens is 419 g/mol. The zero-order valence-electron chi connectivity index (χ0n) is 17.6. The average Bonchev–Trinajstić information content (AvgIpc) is 3.17. The highest BCUT2D eigenvalue weighted by atomic mass is 19.4. The van der Waals surface area contributed by atoms with Crippen LogP contribution in [0.1, 0.15) is 40.0 Å². The van der Waals surface area contributed by atoms with E-state index in [1.165, 1.54) is 22.5 Å². The van der Waals surface area contributed by atoms with Crippen LogP contribution in [0.25, 0.3) is 5.82 Å². The quantitative estimate of drug-likeness (QED) is 0.648. The number of pyridine rings is 1. The van der Waals surface area contributed by atoms with E-state index in [0.717, 1.165) is 44.7 Å². The van der Waals surface area contributed by atoms with E-state index >= 15 is 0 Å². The van der Waals surface area contributed by atoms with Crippen molar-refractivity contribution in [3.05, 3.63) is 77.2 Å². The van der Waals surface area contributed by atoms with Gasteiger partial charge in [0.05, 0.1) is 23.0 Å². The zero-order valence-corrected chi connectivity index (χ0v) is 17.6. The number of halogens is 3. The molecule has 0 unspecified atom stereocenters. The summed E-state index contributed by atoms with van der Waals surface area (Å²) in [5, 5.41) is 7.22. The van der Waals surface area contributed by atoms with Crippen LogP contribution in [0, 0.1) is 6.92 Å². The number of carbonyl (C=O) groups is 1. The minimum atomic E-state index is -4.45. The largest absolute Gasteiger partial charge is 0.417 e. The smallest absolute Gasteiger partial charge is 0.349 e. The van der Waals surface area contributed by atoms with Crippen molar-refractivity contribution in [1.29, 1.82) is 0 Å². The molecule has 1 aromatic carbocycles. The van der Waals surface area contributed by atoms with Gasteiger partial charge < -0.3 is 5.32 Å². The second-order valence-corrected chi connectivity index (χ2v) is 7.97. The van der Waals surface area contributed by atoms with Crippen molar-refractivity contribution < 1.29 is 18.0 Å². The normalized spacial score (nSPS) is 15.6. The van der Waals surface area contributed by atoms with Crippen LogP contribution in [0.4, 0.5) is 13.2 Å². The first-order valence-electron chi connectivity index (χ1n) is 10.5. The maximum Gasteiger partial charge on any atom is 0.417 e. The van der Waals surface area contributed by atoms with Crippen molar-refractivity contribution in [3.8, 4) is 5.82 Å². The van der Waals surface area contributed by atoms with Gasteiger partial charge in [0.1, 0.15) is 0 Å². The Balaban J connectivity index is 1.35. The number of alkyl halides is 3. The van der Waals surface area contributed by atoms with Gasteiger partial charge in [-0.25, -0.2) is 9.67 Å². The number of nitrogens with zero attached hydrogens (tertiary/aromatic N) is 4. The molecule has 1 fully saturated rings. The molecule has 0 atom stereocenters. The molecule has 3 aromatic rings. The molecule has 0 spiro atoms. The summed E-state index contributed by atoms with van der Waals surface area (Å²) in [6.07, 6.45) is -0.557. The molecule has 0 bridgehead atoms. The topological polar surface area (TPSA) is 63.1 Å². The van der Waals surface area contributed by atoms with Crippen LogP contribution < -0.4 is 5.32 Å². The molecule has 0 saturated carbocycles. The highest BCUT2D eigenvalue weighted by Crippen LogP contribution is 2.29. The standard InChI is InChI=1S/C23H24F3N5O/c1-16-20(14-28-31(16)21-8-7-18(13-27-21)23(24,25)26)22(32)29-19-9-11-30(12-10-19)15-17-5-3-2-4-6-17/h2-8,13-14,19H,9-12,15H2,1H3,(H,29,32). The van der Waals surface area contributed by atoms with E-state index in [1.807, 2.05) is 18.2 Å². The van der Waals surface area contributed by atoms with E-state index < -0.39 is 11.7 Å². The Morgan fingerprint density at radius 2 is 1.81 bits per heavy atom. The van der Waals surface area contributed by atoms with Crippen LogP contribution in [0.3, 0.4) is 0 Å². The van der Waals surface area contributed by atoms with E-state index in [2.05, 4.69) is 32.4 Å². The van der Waals surface area contributed by atoms with E-state index in [0.29, 0.717) is 11.3 Å². The summed E-state index contributed by atoms with van der Waals surface area (Å²) in [6.45, 7) is 4.39. The van der Waals surface area contributed by atoms with E-state index in [1.54, 1.807) is 6.92 Å². The number of benzene rings is 1. The van der Waals surface area contributed by atoms with Crippen molar-refractivity contribution in [2.75, 3.05) is 13.1 Å². The number of piperidine rings is 1. The maximum atomic E-state index is 12.8. The van der Waals surface area contributed by atoms with Gasteiger partial charge in [-0.1, -0.05) is 30.3 Å². The third-order valence-electron chi connectivity index (χ3n) is 5.72. The number of nitrogens with one attached hydrogen (secondary N) is 1. The molecule has 32 heavy (non-hydrogen) atoms. The molecule has 9 heteroatoms. The van der Waals surface area contributed by atoms with Gasteiger partial charge in [0.15, 0.2) is 5.82 Å². The number of rotatable bonds is 5. The fraction of sp³-hybridized carbons (Fsp3) is 0.348. The Morgan fingerprint density at radius 1 is 1.09 bits per heavy atom. The number of aromatic nitrogens is 3. The minimum Gasteiger partial charge on any atom is -0.349 e. The fourth-order valence-corrected chi connectivity index (χ4v) is 3.88.